The van der Waals surface area contributed by atoms with E-state index in [1.807, 2.05) is 0 Å². The minimum Gasteiger partial charge on any atom is -0.493 e. The highest BCUT2D eigenvalue weighted by molar-refractivity contribution is 6.39. The van der Waals surface area contributed by atoms with E-state index < -0.39 is 23.1 Å². The number of methoxy groups -OCH3 is 2. The minimum absolute atomic E-state index is 0.352. The molecule has 0 aromatic heterocycles. The first kappa shape index (κ1) is 18.3. The number of carbonyl (C=O) groups is 3. The summed E-state index contributed by atoms with van der Waals surface area (Å²) < 4.78 is 10.2. The standard InChI is InChI=1S/C15H21N3O5/c1-15(2,3)14(21)18-17-13(20)12(19)16-9-6-7-10(22-4)11(8-9)23-5/h6-8H,1-5H3,(H,16,19)(H,17,20)(H,18,21). The molecule has 1 aromatic carbocycles. The molecule has 0 aliphatic carbocycles. The Bertz CT molecular complexity index is 608. The molecule has 0 radical (unpaired) electrons. The summed E-state index contributed by atoms with van der Waals surface area (Å²) in [6.07, 6.45) is 0. The van der Waals surface area contributed by atoms with E-state index in [4.69, 9.17) is 9.47 Å². The van der Waals surface area contributed by atoms with Crippen molar-refractivity contribution in [2.24, 2.45) is 5.41 Å². The van der Waals surface area contributed by atoms with Gasteiger partial charge in [0.1, 0.15) is 0 Å². The number of hydrogen-bond donors (Lipinski definition) is 3. The largest absolute Gasteiger partial charge is 0.493 e. The van der Waals surface area contributed by atoms with Gasteiger partial charge in [0.05, 0.1) is 14.2 Å². The molecule has 0 saturated carbocycles. The Hall–Kier alpha value is -2.77. The maximum absolute atomic E-state index is 11.8. The molecule has 0 saturated heterocycles. The van der Waals surface area contributed by atoms with Gasteiger partial charge in [0.2, 0.25) is 5.91 Å². The van der Waals surface area contributed by atoms with Crippen LogP contribution >= 0.6 is 0 Å². The SMILES string of the molecule is COc1ccc(NC(=O)C(=O)NNC(=O)C(C)(C)C)cc1OC. The van der Waals surface area contributed by atoms with Crippen LogP contribution in [0.2, 0.25) is 0 Å². The number of benzene rings is 1. The summed E-state index contributed by atoms with van der Waals surface area (Å²) in [6.45, 7) is 5.04. The lowest BCUT2D eigenvalue weighted by atomic mass is 9.96. The van der Waals surface area contributed by atoms with Gasteiger partial charge in [-0.25, -0.2) is 0 Å². The fourth-order valence-corrected chi connectivity index (χ4v) is 1.46. The minimum atomic E-state index is -0.989. The van der Waals surface area contributed by atoms with Gasteiger partial charge in [-0.2, -0.15) is 0 Å². The number of carbonyl (C=O) groups excluding carboxylic acids is 3. The predicted molar refractivity (Wildman–Crippen MR) is 83.9 cm³/mol. The van der Waals surface area contributed by atoms with Crippen molar-refractivity contribution in [3.63, 3.8) is 0 Å². The van der Waals surface area contributed by atoms with Crippen LogP contribution in [0.5, 0.6) is 11.5 Å². The highest BCUT2D eigenvalue weighted by Crippen LogP contribution is 2.29. The number of amides is 3. The Morgan fingerprint density at radius 2 is 1.52 bits per heavy atom. The van der Waals surface area contributed by atoms with Crippen molar-refractivity contribution in [2.75, 3.05) is 19.5 Å². The van der Waals surface area contributed by atoms with Crippen LogP contribution in [0.3, 0.4) is 0 Å². The first-order chi connectivity index (χ1) is 10.7. The van der Waals surface area contributed by atoms with E-state index in [1.165, 1.54) is 20.3 Å². The maximum Gasteiger partial charge on any atom is 0.328 e. The van der Waals surface area contributed by atoms with Gasteiger partial charge in [0.25, 0.3) is 0 Å². The van der Waals surface area contributed by atoms with Crippen LogP contribution in [-0.4, -0.2) is 31.9 Å². The molecular formula is C15H21N3O5. The van der Waals surface area contributed by atoms with Gasteiger partial charge >= 0.3 is 11.8 Å². The highest BCUT2D eigenvalue weighted by Gasteiger charge is 2.23. The average Bonchev–Trinajstić information content (AvgIpc) is 2.50. The summed E-state index contributed by atoms with van der Waals surface area (Å²) in [5.74, 6) is -1.42. The van der Waals surface area contributed by atoms with Gasteiger partial charge in [0.15, 0.2) is 11.5 Å². The number of hydrogen-bond acceptors (Lipinski definition) is 5. The Morgan fingerprint density at radius 3 is 2.04 bits per heavy atom. The molecule has 1 aromatic rings. The molecule has 0 atom stereocenters. The van der Waals surface area contributed by atoms with Gasteiger partial charge in [-0.1, -0.05) is 20.8 Å². The summed E-state index contributed by atoms with van der Waals surface area (Å²) in [7, 11) is 2.94. The third kappa shape index (κ3) is 5.17. The van der Waals surface area contributed by atoms with Gasteiger partial charge in [-0.15, -0.1) is 0 Å². The first-order valence-corrected chi connectivity index (χ1v) is 6.83. The topological polar surface area (TPSA) is 106 Å². The van der Waals surface area contributed by atoms with Crippen LogP contribution in [0, 0.1) is 5.41 Å². The van der Waals surface area contributed by atoms with Crippen molar-refractivity contribution >= 4 is 23.4 Å². The highest BCUT2D eigenvalue weighted by atomic mass is 16.5. The second-order valence-electron chi connectivity index (χ2n) is 5.68. The summed E-state index contributed by atoms with van der Waals surface area (Å²) in [4.78, 5) is 35.1. The van der Waals surface area contributed by atoms with Crippen LogP contribution in [0.1, 0.15) is 20.8 Å². The number of anilines is 1. The molecule has 126 valence electrons. The van der Waals surface area contributed by atoms with Crippen molar-refractivity contribution in [1.82, 2.24) is 10.9 Å². The monoisotopic (exact) mass is 323 g/mol. The van der Waals surface area contributed by atoms with Gasteiger partial charge < -0.3 is 14.8 Å². The van der Waals surface area contributed by atoms with E-state index in [2.05, 4.69) is 16.2 Å². The van der Waals surface area contributed by atoms with E-state index in [0.29, 0.717) is 17.2 Å². The number of hydrazine groups is 1. The van der Waals surface area contributed by atoms with E-state index in [9.17, 15) is 14.4 Å². The zero-order valence-corrected chi connectivity index (χ0v) is 13.8. The normalized spacial score (nSPS) is 10.5. The van der Waals surface area contributed by atoms with Gasteiger partial charge in [-0.05, 0) is 12.1 Å². The van der Waals surface area contributed by atoms with Crippen molar-refractivity contribution in [2.45, 2.75) is 20.8 Å². The van der Waals surface area contributed by atoms with Gasteiger partial charge in [0, 0.05) is 17.2 Å². The molecule has 0 heterocycles. The Balaban J connectivity index is 2.65. The Kier molecular flexibility index (Phi) is 5.94. The van der Waals surface area contributed by atoms with Crippen LogP contribution in [0.15, 0.2) is 18.2 Å². The lowest BCUT2D eigenvalue weighted by Gasteiger charge is -2.17. The lowest BCUT2D eigenvalue weighted by Crippen LogP contribution is -2.50. The van der Waals surface area contributed by atoms with E-state index in [-0.39, 0.29) is 0 Å². The lowest BCUT2D eigenvalue weighted by molar-refractivity contribution is -0.139. The fourth-order valence-electron chi connectivity index (χ4n) is 1.46. The molecule has 3 N–H and O–H groups in total. The smallest absolute Gasteiger partial charge is 0.328 e. The Labute approximate surface area is 134 Å². The third-order valence-electron chi connectivity index (χ3n) is 2.82. The molecule has 0 aliphatic heterocycles. The predicted octanol–water partition coefficient (Wildman–Crippen LogP) is 0.836. The molecule has 23 heavy (non-hydrogen) atoms. The number of rotatable bonds is 3. The van der Waals surface area contributed by atoms with Crippen molar-refractivity contribution in [3.8, 4) is 11.5 Å². The van der Waals surface area contributed by atoms with E-state index in [0.717, 1.165) is 0 Å². The fraction of sp³-hybridized carbons (Fsp3) is 0.400. The van der Waals surface area contributed by atoms with E-state index in [1.54, 1.807) is 32.9 Å². The van der Waals surface area contributed by atoms with Crippen molar-refractivity contribution in [3.05, 3.63) is 18.2 Å². The van der Waals surface area contributed by atoms with Crippen LogP contribution < -0.4 is 25.6 Å². The van der Waals surface area contributed by atoms with Crippen LogP contribution in [0.25, 0.3) is 0 Å². The molecular weight excluding hydrogens is 302 g/mol. The third-order valence-corrected chi connectivity index (χ3v) is 2.82. The van der Waals surface area contributed by atoms with Gasteiger partial charge in [-0.3, -0.25) is 25.2 Å². The van der Waals surface area contributed by atoms with Crippen LogP contribution in [-0.2, 0) is 14.4 Å². The molecule has 0 aliphatic rings. The molecule has 0 bridgehead atoms. The molecule has 8 heteroatoms. The average molecular weight is 323 g/mol. The molecule has 0 spiro atoms. The zero-order valence-electron chi connectivity index (χ0n) is 13.8. The quantitative estimate of drug-likeness (QED) is 0.564. The molecule has 0 unspecified atom stereocenters. The zero-order chi connectivity index (χ0) is 17.6. The summed E-state index contributed by atoms with van der Waals surface area (Å²) >= 11 is 0. The molecule has 0 fully saturated rings. The van der Waals surface area contributed by atoms with Crippen molar-refractivity contribution in [1.29, 1.82) is 0 Å². The van der Waals surface area contributed by atoms with Crippen molar-refractivity contribution < 1.29 is 23.9 Å². The first-order valence-electron chi connectivity index (χ1n) is 6.83. The maximum atomic E-state index is 11.8. The molecule has 1 rings (SSSR count). The Morgan fingerprint density at radius 1 is 0.913 bits per heavy atom. The number of ether oxygens (including phenoxy) is 2. The molecule has 8 nitrogen and oxygen atoms in total. The second-order valence-corrected chi connectivity index (χ2v) is 5.68. The number of nitrogens with one attached hydrogen (secondary N) is 3. The summed E-state index contributed by atoms with van der Waals surface area (Å²) in [5.41, 5.74) is 3.90. The second kappa shape index (κ2) is 7.48. The van der Waals surface area contributed by atoms with Crippen LogP contribution in [0.4, 0.5) is 5.69 Å². The summed E-state index contributed by atoms with van der Waals surface area (Å²) in [6, 6.07) is 4.66. The molecule has 3 amide bonds. The van der Waals surface area contributed by atoms with E-state index >= 15 is 0 Å². The summed E-state index contributed by atoms with van der Waals surface area (Å²) in [5, 5.41) is 2.39.